The molecule has 1 fully saturated rings. The van der Waals surface area contributed by atoms with Crippen molar-refractivity contribution < 1.29 is 4.79 Å². The van der Waals surface area contributed by atoms with Crippen LogP contribution in [0.5, 0.6) is 0 Å². The van der Waals surface area contributed by atoms with Gasteiger partial charge in [0, 0.05) is 49.7 Å². The van der Waals surface area contributed by atoms with E-state index in [1.165, 1.54) is 0 Å². The van der Waals surface area contributed by atoms with Gasteiger partial charge >= 0.3 is 0 Å². The molecular formula is C19H23N5O2. The fraction of sp³-hybridized carbons (Fsp3) is 0.526. The lowest BCUT2D eigenvalue weighted by molar-refractivity contribution is -0.138. The van der Waals surface area contributed by atoms with Gasteiger partial charge in [-0.1, -0.05) is 6.07 Å². The predicted octanol–water partition coefficient (Wildman–Crippen LogP) is 0.713. The lowest BCUT2D eigenvalue weighted by Crippen LogP contribution is -2.53. The van der Waals surface area contributed by atoms with Crippen LogP contribution in [0.4, 0.5) is 0 Å². The quantitative estimate of drug-likeness (QED) is 0.791. The molecule has 1 saturated heterocycles. The van der Waals surface area contributed by atoms with Crippen LogP contribution >= 0.6 is 0 Å². The molecule has 3 atom stereocenters. The Labute approximate surface area is 151 Å². The Morgan fingerprint density at radius 2 is 2.19 bits per heavy atom. The minimum absolute atomic E-state index is 0.0598. The number of pyridine rings is 1. The third kappa shape index (κ3) is 2.34. The molecule has 0 aromatic carbocycles. The highest BCUT2D eigenvalue weighted by atomic mass is 16.2. The van der Waals surface area contributed by atoms with Crippen molar-refractivity contribution in [2.45, 2.75) is 38.3 Å². The number of H-pyrrole nitrogens is 1. The number of carbonyl (C=O) groups is 1. The number of rotatable bonds is 1. The molecule has 3 aliphatic rings. The fourth-order valence-corrected chi connectivity index (χ4v) is 4.92. The van der Waals surface area contributed by atoms with Gasteiger partial charge in [0.05, 0.1) is 17.9 Å². The second-order valence-electron chi connectivity index (χ2n) is 7.71. The molecule has 7 heteroatoms. The minimum Gasteiger partial charge on any atom is -0.344 e. The van der Waals surface area contributed by atoms with E-state index in [0.717, 1.165) is 48.8 Å². The van der Waals surface area contributed by atoms with E-state index in [2.05, 4.69) is 15.3 Å². The highest BCUT2D eigenvalue weighted by Crippen LogP contribution is 2.39. The van der Waals surface area contributed by atoms with E-state index in [-0.39, 0.29) is 17.4 Å². The lowest BCUT2D eigenvalue weighted by Gasteiger charge is -2.44. The molecule has 26 heavy (non-hydrogen) atoms. The van der Waals surface area contributed by atoms with Gasteiger partial charge in [0.2, 0.25) is 5.91 Å². The number of aryl methyl sites for hydroxylation is 1. The maximum Gasteiger partial charge on any atom is 0.251 e. The first-order valence-corrected chi connectivity index (χ1v) is 9.37. The summed E-state index contributed by atoms with van der Waals surface area (Å²) in [6, 6.07) is 4.98. The van der Waals surface area contributed by atoms with Gasteiger partial charge in [-0.05, 0) is 19.4 Å². The molecule has 2 aromatic rings. The molecule has 0 aliphatic carbocycles. The van der Waals surface area contributed by atoms with Crippen molar-refractivity contribution in [2.24, 2.45) is 5.92 Å². The number of fused-ring (bicyclic) bond motifs is 5. The van der Waals surface area contributed by atoms with Crippen molar-refractivity contribution in [3.63, 3.8) is 0 Å². The summed E-state index contributed by atoms with van der Waals surface area (Å²) in [5.74, 6) is 1.43. The van der Waals surface area contributed by atoms with Crippen molar-refractivity contribution in [1.82, 2.24) is 24.8 Å². The Morgan fingerprint density at radius 3 is 3.08 bits per heavy atom. The summed E-state index contributed by atoms with van der Waals surface area (Å²) in [5, 5.41) is 3.45. The monoisotopic (exact) mass is 353 g/mol. The van der Waals surface area contributed by atoms with E-state index in [4.69, 9.17) is 0 Å². The molecule has 0 radical (unpaired) electrons. The number of aromatic amines is 1. The normalized spacial score (nSPS) is 27.0. The second kappa shape index (κ2) is 5.81. The van der Waals surface area contributed by atoms with E-state index in [9.17, 15) is 9.59 Å². The summed E-state index contributed by atoms with van der Waals surface area (Å²) < 4.78 is 1.77. The molecule has 0 saturated carbocycles. The van der Waals surface area contributed by atoms with Gasteiger partial charge in [-0.15, -0.1) is 0 Å². The van der Waals surface area contributed by atoms with Crippen LogP contribution in [0.2, 0.25) is 0 Å². The van der Waals surface area contributed by atoms with Gasteiger partial charge < -0.3 is 15.2 Å². The van der Waals surface area contributed by atoms with Crippen LogP contribution in [0.3, 0.4) is 0 Å². The first kappa shape index (κ1) is 15.8. The summed E-state index contributed by atoms with van der Waals surface area (Å²) in [4.78, 5) is 35.8. The molecule has 0 spiro atoms. The van der Waals surface area contributed by atoms with Crippen LogP contribution in [0.1, 0.15) is 41.3 Å². The van der Waals surface area contributed by atoms with E-state index in [0.29, 0.717) is 19.0 Å². The van der Waals surface area contributed by atoms with Crippen molar-refractivity contribution in [3.8, 4) is 0 Å². The molecule has 2 N–H and O–H groups in total. The fourth-order valence-electron chi connectivity index (χ4n) is 4.92. The molecule has 2 bridgehead atoms. The van der Waals surface area contributed by atoms with E-state index in [1.807, 2.05) is 24.0 Å². The van der Waals surface area contributed by atoms with Crippen LogP contribution < -0.4 is 10.9 Å². The maximum atomic E-state index is 13.5. The third-order valence-electron chi connectivity index (χ3n) is 6.06. The summed E-state index contributed by atoms with van der Waals surface area (Å²) in [6.07, 6.45) is 1.73. The molecule has 1 amide bonds. The largest absolute Gasteiger partial charge is 0.344 e. The molecule has 0 unspecified atom stereocenters. The molecule has 7 nitrogen and oxygen atoms in total. The molecule has 5 rings (SSSR count). The first-order chi connectivity index (χ1) is 12.6. The molecule has 136 valence electrons. The zero-order valence-electron chi connectivity index (χ0n) is 14.9. The molecule has 2 aromatic heterocycles. The van der Waals surface area contributed by atoms with E-state index in [1.54, 1.807) is 10.6 Å². The van der Waals surface area contributed by atoms with Crippen molar-refractivity contribution in [1.29, 1.82) is 0 Å². The van der Waals surface area contributed by atoms with E-state index < -0.39 is 6.04 Å². The van der Waals surface area contributed by atoms with Crippen molar-refractivity contribution in [3.05, 3.63) is 51.5 Å². The number of nitrogens with zero attached hydrogens (tertiary/aromatic N) is 3. The highest BCUT2D eigenvalue weighted by Gasteiger charge is 2.43. The average molecular weight is 353 g/mol. The third-order valence-corrected chi connectivity index (χ3v) is 6.06. The number of carbonyl (C=O) groups excluding carboxylic acids is 1. The van der Waals surface area contributed by atoms with Crippen LogP contribution in [-0.4, -0.2) is 45.0 Å². The van der Waals surface area contributed by atoms with Crippen LogP contribution in [0.25, 0.3) is 0 Å². The van der Waals surface area contributed by atoms with Gasteiger partial charge in [0.15, 0.2) is 0 Å². The van der Waals surface area contributed by atoms with Gasteiger partial charge in [-0.25, -0.2) is 4.98 Å². The number of hydrogen-bond donors (Lipinski definition) is 2. The lowest BCUT2D eigenvalue weighted by atomic mass is 9.78. The molecule has 5 heterocycles. The molecular weight excluding hydrogens is 330 g/mol. The zero-order valence-corrected chi connectivity index (χ0v) is 14.9. The second-order valence-corrected chi connectivity index (χ2v) is 7.71. The van der Waals surface area contributed by atoms with Gasteiger partial charge in [-0.2, -0.15) is 0 Å². The SMILES string of the molecule is Cc1nc2c([nH]1)CN(C(=O)[C@H]1[C@@H]3CNC[C@@H](C3)c3cccc(=O)n31)CC2. The highest BCUT2D eigenvalue weighted by molar-refractivity contribution is 5.81. The van der Waals surface area contributed by atoms with Crippen molar-refractivity contribution in [2.75, 3.05) is 19.6 Å². The standard InChI is InChI=1S/C19H23N5O2/c1-11-21-14-5-6-23(10-15(14)22-11)19(26)18-13-7-12(8-20-9-13)16-3-2-4-17(25)24(16)18/h2-4,12-13,18,20H,5-10H2,1H3,(H,21,22)/t12-,13+,18-/m1/s1. The zero-order chi connectivity index (χ0) is 17.8. The minimum atomic E-state index is -0.409. The number of hydrogen-bond acceptors (Lipinski definition) is 4. The average Bonchev–Trinajstić information content (AvgIpc) is 3.02. The smallest absolute Gasteiger partial charge is 0.251 e. The number of imidazole rings is 1. The van der Waals surface area contributed by atoms with E-state index >= 15 is 0 Å². The topological polar surface area (TPSA) is 83.0 Å². The van der Waals surface area contributed by atoms with Gasteiger partial charge in [-0.3, -0.25) is 14.2 Å². The maximum absolute atomic E-state index is 13.5. The Hall–Kier alpha value is -2.41. The Morgan fingerprint density at radius 1 is 1.31 bits per heavy atom. The van der Waals surface area contributed by atoms with Gasteiger partial charge in [0.1, 0.15) is 11.9 Å². The summed E-state index contributed by atoms with van der Waals surface area (Å²) in [6.45, 7) is 4.81. The van der Waals surface area contributed by atoms with Crippen LogP contribution in [0.15, 0.2) is 23.0 Å². The van der Waals surface area contributed by atoms with Gasteiger partial charge in [0.25, 0.3) is 5.56 Å². The number of nitrogens with one attached hydrogen (secondary N) is 2. The summed E-state index contributed by atoms with van der Waals surface area (Å²) in [7, 11) is 0. The Bertz CT molecular complexity index is 930. The van der Waals surface area contributed by atoms with Crippen LogP contribution in [-0.2, 0) is 17.8 Å². The number of piperidine rings is 1. The number of amides is 1. The molecule has 3 aliphatic heterocycles. The number of aromatic nitrogens is 3. The predicted molar refractivity (Wildman–Crippen MR) is 95.9 cm³/mol. The van der Waals surface area contributed by atoms with Crippen LogP contribution in [0, 0.1) is 12.8 Å². The summed E-state index contributed by atoms with van der Waals surface area (Å²) in [5.41, 5.74) is 3.02. The Kier molecular flexibility index (Phi) is 3.53. The van der Waals surface area contributed by atoms with Crippen molar-refractivity contribution >= 4 is 5.91 Å². The summed E-state index contributed by atoms with van der Waals surface area (Å²) >= 11 is 0. The first-order valence-electron chi connectivity index (χ1n) is 9.37. The Balaban J connectivity index is 1.52.